The molecule has 0 aliphatic carbocycles. The van der Waals surface area contributed by atoms with Crippen LogP contribution in [0.4, 0.5) is 0 Å². The van der Waals surface area contributed by atoms with Gasteiger partial charge in [0.05, 0.1) is 6.54 Å². The van der Waals surface area contributed by atoms with Crippen LogP contribution in [0.1, 0.15) is 20.3 Å². The van der Waals surface area contributed by atoms with Crippen molar-refractivity contribution < 1.29 is 0 Å². The minimum Gasteiger partial charge on any atom is -0.292 e. The lowest BCUT2D eigenvalue weighted by Gasteiger charge is -2.09. The zero-order chi connectivity index (χ0) is 7.40. The highest BCUT2D eigenvalue weighted by Gasteiger charge is 2.16. The first-order valence-electron chi connectivity index (χ1n) is 3.95. The number of hydrogen-bond donors (Lipinski definition) is 0. The highest BCUT2D eigenvalue weighted by Crippen LogP contribution is 2.13. The van der Waals surface area contributed by atoms with Crippen LogP contribution in [-0.4, -0.2) is 24.5 Å². The molecule has 0 aromatic heterocycles. The van der Waals surface area contributed by atoms with Crippen molar-refractivity contribution in [2.24, 2.45) is 5.92 Å². The van der Waals surface area contributed by atoms with Crippen molar-refractivity contribution in [3.63, 3.8) is 0 Å². The van der Waals surface area contributed by atoms with Crippen LogP contribution in [0.3, 0.4) is 0 Å². The Balaban J connectivity index is 2.22. The molecule has 0 spiro atoms. The molecule has 1 saturated heterocycles. The van der Waals surface area contributed by atoms with E-state index in [1.54, 1.807) is 0 Å². The third-order valence-corrected chi connectivity index (χ3v) is 1.99. The van der Waals surface area contributed by atoms with Crippen molar-refractivity contribution in [3.8, 4) is 11.8 Å². The van der Waals surface area contributed by atoms with Crippen molar-refractivity contribution in [3.05, 3.63) is 0 Å². The molecule has 0 unspecified atom stereocenters. The fourth-order valence-electron chi connectivity index (χ4n) is 1.36. The molecular formula is C9H15N. The summed E-state index contributed by atoms with van der Waals surface area (Å²) in [7, 11) is 0. The van der Waals surface area contributed by atoms with E-state index in [-0.39, 0.29) is 0 Å². The third kappa shape index (κ3) is 2.04. The molecule has 56 valence electrons. The number of hydrogen-bond acceptors (Lipinski definition) is 1. The molecule has 1 fully saturated rings. The van der Waals surface area contributed by atoms with E-state index < -0.39 is 0 Å². The van der Waals surface area contributed by atoms with Crippen molar-refractivity contribution in [1.29, 1.82) is 0 Å². The Morgan fingerprint density at radius 1 is 1.60 bits per heavy atom. The normalized spacial score (nSPS) is 26.0. The summed E-state index contributed by atoms with van der Waals surface area (Å²) in [5, 5.41) is 0. The zero-order valence-corrected chi connectivity index (χ0v) is 6.85. The van der Waals surface area contributed by atoms with Gasteiger partial charge in [0.2, 0.25) is 0 Å². The van der Waals surface area contributed by atoms with E-state index in [1.165, 1.54) is 19.5 Å². The van der Waals surface area contributed by atoms with Crippen LogP contribution < -0.4 is 0 Å². The summed E-state index contributed by atoms with van der Waals surface area (Å²) < 4.78 is 0. The Labute approximate surface area is 63.4 Å². The van der Waals surface area contributed by atoms with Crippen LogP contribution in [0.15, 0.2) is 0 Å². The third-order valence-electron chi connectivity index (χ3n) is 1.99. The summed E-state index contributed by atoms with van der Waals surface area (Å²) in [6.45, 7) is 7.67. The summed E-state index contributed by atoms with van der Waals surface area (Å²) in [5.41, 5.74) is 0. The first kappa shape index (κ1) is 7.63. The maximum Gasteiger partial charge on any atom is 0.0601 e. The monoisotopic (exact) mass is 137 g/mol. The number of rotatable bonds is 1. The molecule has 1 aliphatic heterocycles. The van der Waals surface area contributed by atoms with Gasteiger partial charge >= 0.3 is 0 Å². The van der Waals surface area contributed by atoms with Gasteiger partial charge < -0.3 is 0 Å². The molecule has 1 heterocycles. The lowest BCUT2D eigenvalue weighted by molar-refractivity contribution is 0.369. The van der Waals surface area contributed by atoms with Gasteiger partial charge in [-0.3, -0.25) is 4.90 Å². The van der Waals surface area contributed by atoms with E-state index in [1.807, 2.05) is 6.92 Å². The van der Waals surface area contributed by atoms with E-state index in [4.69, 9.17) is 0 Å². The number of likely N-dealkylation sites (tertiary alicyclic amines) is 1. The van der Waals surface area contributed by atoms with E-state index >= 15 is 0 Å². The van der Waals surface area contributed by atoms with Gasteiger partial charge in [0.1, 0.15) is 0 Å². The first-order chi connectivity index (χ1) is 4.83. The second-order valence-corrected chi connectivity index (χ2v) is 3.06. The minimum absolute atomic E-state index is 0.888. The summed E-state index contributed by atoms with van der Waals surface area (Å²) in [6, 6.07) is 0. The molecule has 0 N–H and O–H groups in total. The van der Waals surface area contributed by atoms with Crippen molar-refractivity contribution in [2.75, 3.05) is 19.6 Å². The summed E-state index contributed by atoms with van der Waals surface area (Å²) in [4.78, 5) is 2.42. The maximum absolute atomic E-state index is 3.09. The van der Waals surface area contributed by atoms with E-state index in [9.17, 15) is 0 Å². The van der Waals surface area contributed by atoms with Crippen molar-refractivity contribution in [2.45, 2.75) is 20.3 Å². The van der Waals surface area contributed by atoms with Crippen LogP contribution in [0.25, 0.3) is 0 Å². The second kappa shape index (κ2) is 3.63. The zero-order valence-electron chi connectivity index (χ0n) is 6.85. The summed E-state index contributed by atoms with van der Waals surface area (Å²) in [5.74, 6) is 6.89. The van der Waals surface area contributed by atoms with Gasteiger partial charge in [0, 0.05) is 6.54 Å². The van der Waals surface area contributed by atoms with Crippen LogP contribution >= 0.6 is 0 Å². The van der Waals surface area contributed by atoms with E-state index in [0.717, 1.165) is 12.5 Å². The SMILES string of the molecule is CC#CCN1CC[C@@H](C)C1. The maximum atomic E-state index is 3.09. The molecule has 0 radical (unpaired) electrons. The quantitative estimate of drug-likeness (QED) is 0.493. The molecule has 0 aromatic carbocycles. The Bertz CT molecular complexity index is 152. The topological polar surface area (TPSA) is 3.24 Å². The lowest BCUT2D eigenvalue weighted by atomic mass is 10.2. The molecule has 1 heteroatoms. The van der Waals surface area contributed by atoms with Crippen molar-refractivity contribution in [1.82, 2.24) is 4.90 Å². The van der Waals surface area contributed by atoms with Gasteiger partial charge in [-0.15, -0.1) is 5.92 Å². The highest BCUT2D eigenvalue weighted by atomic mass is 15.1. The minimum atomic E-state index is 0.888. The van der Waals surface area contributed by atoms with Crippen LogP contribution in [-0.2, 0) is 0 Å². The Hall–Kier alpha value is -0.480. The van der Waals surface area contributed by atoms with Gasteiger partial charge in [-0.25, -0.2) is 0 Å². The lowest BCUT2D eigenvalue weighted by Crippen LogP contribution is -2.20. The average Bonchev–Trinajstić information content (AvgIpc) is 2.31. The van der Waals surface area contributed by atoms with E-state index in [2.05, 4.69) is 23.7 Å². The number of nitrogens with zero attached hydrogens (tertiary/aromatic N) is 1. The predicted molar refractivity (Wildman–Crippen MR) is 43.7 cm³/mol. The predicted octanol–water partition coefficient (Wildman–Crippen LogP) is 1.35. The van der Waals surface area contributed by atoms with Crippen LogP contribution in [0.5, 0.6) is 0 Å². The Morgan fingerprint density at radius 3 is 2.90 bits per heavy atom. The van der Waals surface area contributed by atoms with Crippen LogP contribution in [0.2, 0.25) is 0 Å². The average molecular weight is 137 g/mol. The summed E-state index contributed by atoms with van der Waals surface area (Å²) >= 11 is 0. The molecule has 0 aromatic rings. The molecule has 1 rings (SSSR count). The van der Waals surface area contributed by atoms with E-state index in [0.29, 0.717) is 0 Å². The molecule has 10 heavy (non-hydrogen) atoms. The van der Waals surface area contributed by atoms with Gasteiger partial charge in [-0.2, -0.15) is 0 Å². The first-order valence-corrected chi connectivity index (χ1v) is 3.95. The van der Waals surface area contributed by atoms with Crippen molar-refractivity contribution >= 4 is 0 Å². The molecule has 1 aliphatic rings. The van der Waals surface area contributed by atoms with Gasteiger partial charge in [0.25, 0.3) is 0 Å². The molecule has 1 nitrogen and oxygen atoms in total. The standard InChI is InChI=1S/C9H15N/c1-3-4-6-10-7-5-9(2)8-10/h9H,5-8H2,1-2H3/t9-/m1/s1. The fraction of sp³-hybridized carbons (Fsp3) is 0.778. The highest BCUT2D eigenvalue weighted by molar-refractivity contribution is 4.98. The molecule has 1 atom stereocenters. The van der Waals surface area contributed by atoms with Gasteiger partial charge in [0.15, 0.2) is 0 Å². The largest absolute Gasteiger partial charge is 0.292 e. The Morgan fingerprint density at radius 2 is 2.40 bits per heavy atom. The van der Waals surface area contributed by atoms with Gasteiger partial charge in [-0.1, -0.05) is 12.8 Å². The molecule has 0 bridgehead atoms. The smallest absolute Gasteiger partial charge is 0.0601 e. The molecule has 0 saturated carbocycles. The summed E-state index contributed by atoms with van der Waals surface area (Å²) in [6.07, 6.45) is 1.35. The van der Waals surface area contributed by atoms with Crippen LogP contribution in [0, 0.1) is 17.8 Å². The van der Waals surface area contributed by atoms with Gasteiger partial charge in [-0.05, 0) is 25.8 Å². The fourth-order valence-corrected chi connectivity index (χ4v) is 1.36. The second-order valence-electron chi connectivity index (χ2n) is 3.06. The Kier molecular flexibility index (Phi) is 2.77. The molecule has 0 amide bonds. The molecular weight excluding hydrogens is 122 g/mol.